The minimum Gasteiger partial charge on any atom is -0.497 e. The second-order valence-corrected chi connectivity index (χ2v) is 14.2. The van der Waals surface area contributed by atoms with Crippen molar-refractivity contribution in [3.8, 4) is 17.4 Å². The molecule has 1 aromatic heterocycles. The number of benzene rings is 1. The molecule has 4 aliphatic rings. The summed E-state index contributed by atoms with van der Waals surface area (Å²) >= 11 is 0. The van der Waals surface area contributed by atoms with Crippen LogP contribution < -0.4 is 24.8 Å². The van der Waals surface area contributed by atoms with E-state index in [1.165, 1.54) is 12.0 Å². The molecular weight excluding hydrogens is 656 g/mol. The first-order chi connectivity index (χ1) is 24.6. The monoisotopic (exact) mass is 706 g/mol. The molecule has 1 aromatic carbocycles. The second-order valence-electron chi connectivity index (χ2n) is 14.2. The molecule has 13 nitrogen and oxygen atoms in total. The molecule has 3 fully saturated rings. The van der Waals surface area contributed by atoms with Gasteiger partial charge in [-0.25, -0.2) is 14.6 Å². The summed E-state index contributed by atoms with van der Waals surface area (Å²) in [5.74, 6) is 0.100. The Morgan fingerprint density at radius 1 is 1.06 bits per heavy atom. The van der Waals surface area contributed by atoms with Gasteiger partial charge < -0.3 is 39.2 Å². The number of carbonyl (C=O) groups excluding carboxylic acids is 4. The summed E-state index contributed by atoms with van der Waals surface area (Å²) in [6.45, 7) is 4.45. The fraction of sp³-hybridized carbons (Fsp3) is 0.605. The van der Waals surface area contributed by atoms with Crippen LogP contribution in [0.15, 0.2) is 36.4 Å². The average Bonchev–Trinajstić information content (AvgIpc) is 3.39. The molecule has 0 spiro atoms. The Kier molecular flexibility index (Phi) is 11.2. The molecular formula is C38H50N4O9. The highest BCUT2D eigenvalue weighted by molar-refractivity contribution is 5.96. The van der Waals surface area contributed by atoms with E-state index in [4.69, 9.17) is 23.7 Å². The third kappa shape index (κ3) is 8.18. The van der Waals surface area contributed by atoms with Crippen molar-refractivity contribution in [1.29, 1.82) is 0 Å². The van der Waals surface area contributed by atoms with E-state index >= 15 is 0 Å². The van der Waals surface area contributed by atoms with Gasteiger partial charge in [0.2, 0.25) is 17.7 Å². The smallest absolute Gasteiger partial charge is 0.408 e. The van der Waals surface area contributed by atoms with Gasteiger partial charge in [0.1, 0.15) is 41.3 Å². The lowest BCUT2D eigenvalue weighted by molar-refractivity contribution is -0.148. The molecule has 1 unspecified atom stereocenters. The number of alkyl carbamates (subject to hydrolysis) is 1. The highest BCUT2D eigenvalue weighted by Crippen LogP contribution is 2.46. The van der Waals surface area contributed by atoms with Gasteiger partial charge in [0.05, 0.1) is 32.9 Å². The Balaban J connectivity index is 1.32. The minimum atomic E-state index is -1.21. The number of pyridine rings is 1. The number of nitrogens with zero attached hydrogens (tertiary/aromatic N) is 2. The quantitative estimate of drug-likeness (QED) is 0.288. The summed E-state index contributed by atoms with van der Waals surface area (Å²) in [6, 6.07) is 5.24. The molecule has 2 saturated carbocycles. The number of hydrogen-bond acceptors (Lipinski definition) is 10. The minimum absolute atomic E-state index is 0.0703. The van der Waals surface area contributed by atoms with Gasteiger partial charge in [-0.05, 0) is 82.8 Å². The van der Waals surface area contributed by atoms with E-state index in [1.807, 2.05) is 31.2 Å². The zero-order valence-electron chi connectivity index (χ0n) is 30.0. The molecule has 276 valence electrons. The van der Waals surface area contributed by atoms with Gasteiger partial charge in [-0.2, -0.15) is 0 Å². The Bertz CT molecular complexity index is 1640. The largest absolute Gasteiger partial charge is 0.497 e. The second kappa shape index (κ2) is 15.8. The van der Waals surface area contributed by atoms with E-state index in [9.17, 15) is 19.2 Å². The number of aromatic nitrogens is 1. The van der Waals surface area contributed by atoms with Gasteiger partial charge in [0.25, 0.3) is 0 Å². The van der Waals surface area contributed by atoms with E-state index < -0.39 is 47.6 Å². The first-order valence-corrected chi connectivity index (χ1v) is 18.3. The van der Waals surface area contributed by atoms with Gasteiger partial charge in [-0.15, -0.1) is 0 Å². The topological polar surface area (TPSA) is 155 Å². The predicted molar refractivity (Wildman–Crippen MR) is 187 cm³/mol. The third-order valence-corrected chi connectivity index (χ3v) is 10.6. The molecule has 0 bridgehead atoms. The number of methoxy groups -OCH3 is 2. The van der Waals surface area contributed by atoms with Crippen molar-refractivity contribution >= 4 is 34.8 Å². The van der Waals surface area contributed by atoms with Crippen LogP contribution >= 0.6 is 0 Å². The van der Waals surface area contributed by atoms with Crippen LogP contribution in [0.25, 0.3) is 10.9 Å². The highest BCUT2D eigenvalue weighted by Gasteiger charge is 2.62. The van der Waals surface area contributed by atoms with Crippen molar-refractivity contribution in [3.63, 3.8) is 0 Å². The Hall–Kier alpha value is -4.55. The molecule has 6 rings (SSSR count). The standard InChI is InChI=1S/C38H50N4O9/c1-5-49-33-20-32(28-16-15-26(47-3)18-30(28)39-33)50-27-19-31-34(43)41-38(36(45)48-4)21-24(38)11-7-6-10-23(2)14-17-29(35(44)42(31)22-27)40-37(46)51-25-12-8-9-13-25/h7,11,15-16,18,20,23-25,27,29,31H,5-6,8-10,12-14,17,19,21-22H2,1-4H3,(H,40,46)(H,41,43)/b11-7-/t23-,24?,27+,29-,31-,38+/m0/s1. The lowest BCUT2D eigenvalue weighted by atomic mass is 9.96. The fourth-order valence-electron chi connectivity index (χ4n) is 7.62. The molecule has 3 amide bonds. The van der Waals surface area contributed by atoms with Crippen LogP contribution in [0.3, 0.4) is 0 Å². The number of nitrogens with one attached hydrogen (secondary N) is 2. The molecule has 2 aliphatic heterocycles. The maximum absolute atomic E-state index is 14.5. The zero-order chi connectivity index (χ0) is 36.1. The summed E-state index contributed by atoms with van der Waals surface area (Å²) in [5.41, 5.74) is -0.610. The number of carbonyl (C=O) groups is 4. The number of esters is 1. The predicted octanol–water partition coefficient (Wildman–Crippen LogP) is 4.84. The van der Waals surface area contributed by atoms with Crippen molar-refractivity contribution < 1.29 is 42.9 Å². The summed E-state index contributed by atoms with van der Waals surface area (Å²) < 4.78 is 28.6. The van der Waals surface area contributed by atoms with Crippen molar-refractivity contribution in [3.05, 3.63) is 36.4 Å². The van der Waals surface area contributed by atoms with Gasteiger partial charge in [-0.3, -0.25) is 9.59 Å². The SMILES string of the molecule is CCOc1cc(O[C@@H]2C[C@H]3C(=O)N[C@]4(C(=O)OC)CC4/C=C\CC[C@H](C)CC[C@H](NC(=O)OC4CCCC4)C(=O)N3C2)c2ccc(OC)cc2n1. The number of hydrogen-bond donors (Lipinski definition) is 2. The zero-order valence-corrected chi connectivity index (χ0v) is 30.0. The molecule has 51 heavy (non-hydrogen) atoms. The molecule has 2 aliphatic carbocycles. The Labute approximate surface area is 298 Å². The van der Waals surface area contributed by atoms with Gasteiger partial charge >= 0.3 is 12.1 Å². The molecule has 3 heterocycles. The average molecular weight is 707 g/mol. The Morgan fingerprint density at radius 3 is 2.61 bits per heavy atom. The van der Waals surface area contributed by atoms with Gasteiger partial charge in [0, 0.05) is 29.9 Å². The maximum atomic E-state index is 14.5. The van der Waals surface area contributed by atoms with Crippen LogP contribution in [0, 0.1) is 11.8 Å². The van der Waals surface area contributed by atoms with Crippen molar-refractivity contribution in [2.75, 3.05) is 27.4 Å². The van der Waals surface area contributed by atoms with Crippen LogP contribution in [0.5, 0.6) is 17.4 Å². The van der Waals surface area contributed by atoms with E-state index in [-0.39, 0.29) is 30.9 Å². The maximum Gasteiger partial charge on any atom is 0.408 e. The molecule has 1 saturated heterocycles. The van der Waals surface area contributed by atoms with E-state index in [0.717, 1.165) is 38.5 Å². The number of fused-ring (bicyclic) bond motifs is 3. The van der Waals surface area contributed by atoms with Crippen molar-refractivity contribution in [1.82, 2.24) is 20.5 Å². The highest BCUT2D eigenvalue weighted by atomic mass is 16.6. The summed E-state index contributed by atoms with van der Waals surface area (Å²) in [4.78, 5) is 61.1. The van der Waals surface area contributed by atoms with Crippen LogP contribution in [0.1, 0.15) is 78.1 Å². The Morgan fingerprint density at radius 2 is 1.86 bits per heavy atom. The summed E-state index contributed by atoms with van der Waals surface area (Å²) in [7, 11) is 2.88. The van der Waals surface area contributed by atoms with Crippen LogP contribution in [-0.4, -0.2) is 91.0 Å². The van der Waals surface area contributed by atoms with Crippen molar-refractivity contribution in [2.24, 2.45) is 11.8 Å². The lowest BCUT2D eigenvalue weighted by Gasteiger charge is -2.30. The fourth-order valence-corrected chi connectivity index (χ4v) is 7.62. The van der Waals surface area contributed by atoms with E-state index in [0.29, 0.717) is 54.2 Å². The van der Waals surface area contributed by atoms with E-state index in [1.54, 1.807) is 19.2 Å². The summed E-state index contributed by atoms with van der Waals surface area (Å²) in [5, 5.41) is 6.54. The number of amides is 3. The number of allylic oxidation sites excluding steroid dienone is 1. The molecule has 0 radical (unpaired) electrons. The first kappa shape index (κ1) is 36.2. The lowest BCUT2D eigenvalue weighted by Crippen LogP contribution is -2.56. The molecule has 2 aromatic rings. The van der Waals surface area contributed by atoms with Crippen LogP contribution in [0.4, 0.5) is 4.79 Å². The normalized spacial score (nSPS) is 29.1. The van der Waals surface area contributed by atoms with Crippen LogP contribution in [-0.2, 0) is 23.9 Å². The number of rotatable bonds is 8. The molecule has 6 atom stereocenters. The number of ether oxygens (including phenoxy) is 5. The third-order valence-electron chi connectivity index (χ3n) is 10.6. The first-order valence-electron chi connectivity index (χ1n) is 18.3. The molecule has 13 heteroatoms. The van der Waals surface area contributed by atoms with Crippen LogP contribution in [0.2, 0.25) is 0 Å². The summed E-state index contributed by atoms with van der Waals surface area (Å²) in [6.07, 6.45) is 9.48. The van der Waals surface area contributed by atoms with Crippen molar-refractivity contribution in [2.45, 2.75) is 108 Å². The van der Waals surface area contributed by atoms with E-state index in [2.05, 4.69) is 22.5 Å². The molecule has 2 N–H and O–H groups in total. The van der Waals surface area contributed by atoms with Gasteiger partial charge in [0.15, 0.2) is 0 Å². The van der Waals surface area contributed by atoms with Gasteiger partial charge in [-0.1, -0.05) is 19.1 Å².